The summed E-state index contributed by atoms with van der Waals surface area (Å²) in [7, 11) is 1.90. The minimum Gasteiger partial charge on any atom is -0.380 e. The van der Waals surface area contributed by atoms with Crippen LogP contribution in [0.15, 0.2) is 0 Å². The van der Waals surface area contributed by atoms with Crippen LogP contribution in [0.4, 0.5) is 0 Å². The number of ether oxygens (including phenoxy) is 1. The lowest BCUT2D eigenvalue weighted by atomic mass is 9.83. The Labute approximate surface area is 107 Å². The first kappa shape index (κ1) is 13.4. The molecule has 2 fully saturated rings. The van der Waals surface area contributed by atoms with Crippen molar-refractivity contribution in [2.45, 2.75) is 70.4 Å². The van der Waals surface area contributed by atoms with Crippen LogP contribution in [-0.4, -0.2) is 25.8 Å². The molecule has 0 spiro atoms. The Morgan fingerprint density at radius 3 is 2.35 bits per heavy atom. The van der Waals surface area contributed by atoms with E-state index in [1.165, 1.54) is 51.4 Å². The van der Waals surface area contributed by atoms with E-state index >= 15 is 0 Å². The second-order valence-corrected chi connectivity index (χ2v) is 5.94. The largest absolute Gasteiger partial charge is 0.380 e. The maximum atomic E-state index is 5.77. The summed E-state index contributed by atoms with van der Waals surface area (Å²) in [4.78, 5) is 0. The van der Waals surface area contributed by atoms with Gasteiger partial charge in [0.25, 0.3) is 0 Å². The smallest absolute Gasteiger partial charge is 0.0752 e. The Morgan fingerprint density at radius 2 is 1.82 bits per heavy atom. The van der Waals surface area contributed by atoms with E-state index in [-0.39, 0.29) is 0 Å². The Morgan fingerprint density at radius 1 is 1.12 bits per heavy atom. The van der Waals surface area contributed by atoms with E-state index in [4.69, 9.17) is 4.74 Å². The van der Waals surface area contributed by atoms with Crippen LogP contribution in [0.2, 0.25) is 0 Å². The summed E-state index contributed by atoms with van der Waals surface area (Å²) >= 11 is 0. The number of rotatable bonds is 7. The van der Waals surface area contributed by atoms with E-state index in [9.17, 15) is 0 Å². The lowest BCUT2D eigenvalue weighted by molar-refractivity contribution is 0.0413. The molecule has 2 rings (SSSR count). The van der Waals surface area contributed by atoms with Gasteiger partial charge in [0.15, 0.2) is 0 Å². The van der Waals surface area contributed by atoms with Crippen LogP contribution in [0, 0.1) is 11.8 Å². The predicted octanol–water partition coefficient (Wildman–Crippen LogP) is 3.36. The number of hydrogen-bond acceptors (Lipinski definition) is 2. The fourth-order valence-corrected chi connectivity index (χ4v) is 3.49. The molecule has 1 N–H and O–H groups in total. The van der Waals surface area contributed by atoms with Crippen LogP contribution in [0.1, 0.15) is 58.3 Å². The maximum absolute atomic E-state index is 5.77. The van der Waals surface area contributed by atoms with Crippen LogP contribution in [-0.2, 0) is 4.74 Å². The van der Waals surface area contributed by atoms with Crippen molar-refractivity contribution in [1.82, 2.24) is 5.32 Å². The van der Waals surface area contributed by atoms with Crippen molar-refractivity contribution in [3.8, 4) is 0 Å². The normalized spacial score (nSPS) is 25.8. The first-order valence-corrected chi connectivity index (χ1v) is 7.61. The minimum absolute atomic E-state index is 0.469. The molecule has 0 heterocycles. The summed E-state index contributed by atoms with van der Waals surface area (Å²) in [6.07, 6.45) is 11.8. The second kappa shape index (κ2) is 6.75. The molecule has 0 saturated heterocycles. The van der Waals surface area contributed by atoms with Gasteiger partial charge in [0, 0.05) is 13.2 Å². The van der Waals surface area contributed by atoms with Crippen LogP contribution < -0.4 is 5.32 Å². The molecular formula is C15H29NO. The van der Waals surface area contributed by atoms with Crippen molar-refractivity contribution in [1.29, 1.82) is 0 Å². The summed E-state index contributed by atoms with van der Waals surface area (Å²) in [6, 6.07) is 0.598. The van der Waals surface area contributed by atoms with E-state index in [2.05, 4.69) is 12.2 Å². The molecule has 2 aliphatic rings. The van der Waals surface area contributed by atoms with E-state index in [0.717, 1.165) is 18.4 Å². The Hall–Kier alpha value is -0.0800. The van der Waals surface area contributed by atoms with Crippen LogP contribution >= 0.6 is 0 Å². The SMILES string of the molecule is CCNC(CC1CCCCC1)C(OC)C1CC1. The molecule has 0 aromatic heterocycles. The quantitative estimate of drug-likeness (QED) is 0.735. The Bertz CT molecular complexity index is 209. The highest BCUT2D eigenvalue weighted by atomic mass is 16.5. The monoisotopic (exact) mass is 239 g/mol. The van der Waals surface area contributed by atoms with Gasteiger partial charge >= 0.3 is 0 Å². The van der Waals surface area contributed by atoms with Gasteiger partial charge in [0.1, 0.15) is 0 Å². The second-order valence-electron chi connectivity index (χ2n) is 5.94. The summed E-state index contributed by atoms with van der Waals surface area (Å²) in [5.74, 6) is 1.79. The van der Waals surface area contributed by atoms with Gasteiger partial charge in [-0.05, 0) is 37.6 Å². The topological polar surface area (TPSA) is 21.3 Å². The van der Waals surface area contributed by atoms with E-state index in [1.807, 2.05) is 7.11 Å². The standard InChI is InChI=1S/C15H29NO/c1-3-16-14(15(17-2)13-9-10-13)11-12-7-5-4-6-8-12/h12-16H,3-11H2,1-2H3. The highest BCUT2D eigenvalue weighted by Gasteiger charge is 2.37. The average molecular weight is 239 g/mol. The van der Waals surface area contributed by atoms with Gasteiger partial charge < -0.3 is 10.1 Å². The van der Waals surface area contributed by atoms with Crippen LogP contribution in [0.3, 0.4) is 0 Å². The molecule has 2 aliphatic carbocycles. The number of likely N-dealkylation sites (N-methyl/N-ethyl adjacent to an activating group) is 1. The van der Waals surface area contributed by atoms with Crippen molar-refractivity contribution in [3.63, 3.8) is 0 Å². The lowest BCUT2D eigenvalue weighted by Gasteiger charge is -2.32. The molecule has 100 valence electrons. The highest BCUT2D eigenvalue weighted by molar-refractivity contribution is 4.91. The van der Waals surface area contributed by atoms with Crippen molar-refractivity contribution >= 4 is 0 Å². The molecule has 0 bridgehead atoms. The predicted molar refractivity (Wildman–Crippen MR) is 72.2 cm³/mol. The number of nitrogens with one attached hydrogen (secondary N) is 1. The molecule has 2 unspecified atom stereocenters. The van der Waals surface area contributed by atoms with Crippen molar-refractivity contribution in [2.75, 3.05) is 13.7 Å². The van der Waals surface area contributed by atoms with Crippen molar-refractivity contribution in [3.05, 3.63) is 0 Å². The molecule has 0 radical (unpaired) electrons. The third-order valence-corrected chi connectivity index (χ3v) is 4.53. The van der Waals surface area contributed by atoms with Crippen LogP contribution in [0.5, 0.6) is 0 Å². The number of hydrogen-bond donors (Lipinski definition) is 1. The van der Waals surface area contributed by atoms with Gasteiger partial charge in [0.2, 0.25) is 0 Å². The van der Waals surface area contributed by atoms with E-state index in [0.29, 0.717) is 12.1 Å². The first-order chi connectivity index (χ1) is 8.35. The maximum Gasteiger partial charge on any atom is 0.0752 e. The molecule has 0 aromatic carbocycles. The highest BCUT2D eigenvalue weighted by Crippen LogP contribution is 2.38. The molecule has 2 atom stereocenters. The van der Waals surface area contributed by atoms with Gasteiger partial charge in [-0.1, -0.05) is 39.0 Å². The summed E-state index contributed by atoms with van der Waals surface area (Å²) < 4.78 is 5.77. The first-order valence-electron chi connectivity index (χ1n) is 7.61. The summed E-state index contributed by atoms with van der Waals surface area (Å²) in [5, 5.41) is 3.68. The fraction of sp³-hybridized carbons (Fsp3) is 1.00. The molecular weight excluding hydrogens is 210 g/mol. The van der Waals surface area contributed by atoms with E-state index < -0.39 is 0 Å². The van der Waals surface area contributed by atoms with Gasteiger partial charge in [-0.15, -0.1) is 0 Å². The van der Waals surface area contributed by atoms with Crippen LogP contribution in [0.25, 0.3) is 0 Å². The molecule has 0 amide bonds. The Kier molecular flexibility index (Phi) is 5.30. The molecule has 2 nitrogen and oxygen atoms in total. The van der Waals surface area contributed by atoms with Gasteiger partial charge in [0.05, 0.1) is 6.10 Å². The fourth-order valence-electron chi connectivity index (χ4n) is 3.49. The molecule has 2 saturated carbocycles. The van der Waals surface area contributed by atoms with Gasteiger partial charge in [-0.2, -0.15) is 0 Å². The Balaban J connectivity index is 1.85. The lowest BCUT2D eigenvalue weighted by Crippen LogP contribution is -2.43. The summed E-state index contributed by atoms with van der Waals surface area (Å²) in [5.41, 5.74) is 0. The third kappa shape index (κ3) is 3.96. The molecule has 0 aromatic rings. The molecule has 2 heteroatoms. The zero-order valence-corrected chi connectivity index (χ0v) is 11.6. The minimum atomic E-state index is 0.469. The van der Waals surface area contributed by atoms with E-state index in [1.54, 1.807) is 0 Å². The van der Waals surface area contributed by atoms with Gasteiger partial charge in [-0.25, -0.2) is 0 Å². The molecule has 0 aliphatic heterocycles. The molecule has 17 heavy (non-hydrogen) atoms. The summed E-state index contributed by atoms with van der Waals surface area (Å²) in [6.45, 7) is 3.29. The average Bonchev–Trinajstić information content (AvgIpc) is 3.16. The van der Waals surface area contributed by atoms with Gasteiger partial charge in [-0.3, -0.25) is 0 Å². The third-order valence-electron chi connectivity index (χ3n) is 4.53. The number of methoxy groups -OCH3 is 1. The zero-order chi connectivity index (χ0) is 12.1. The van der Waals surface area contributed by atoms with Crippen molar-refractivity contribution < 1.29 is 4.74 Å². The van der Waals surface area contributed by atoms with Crippen molar-refractivity contribution in [2.24, 2.45) is 11.8 Å². The zero-order valence-electron chi connectivity index (χ0n) is 11.6.